The molecule has 1 aliphatic heterocycles. The fourth-order valence-corrected chi connectivity index (χ4v) is 4.80. The molecule has 166 valence electrons. The molecule has 0 bridgehead atoms. The zero-order valence-electron chi connectivity index (χ0n) is 18.2. The minimum absolute atomic E-state index is 0.0257. The van der Waals surface area contributed by atoms with Gasteiger partial charge in [-0.15, -0.1) is 11.3 Å². The summed E-state index contributed by atoms with van der Waals surface area (Å²) in [7, 11) is 0. The van der Waals surface area contributed by atoms with Gasteiger partial charge in [0.2, 0.25) is 5.91 Å². The summed E-state index contributed by atoms with van der Waals surface area (Å²) in [5, 5.41) is 8.21. The molecule has 4 rings (SSSR count). The zero-order chi connectivity index (χ0) is 22.3. The van der Waals surface area contributed by atoms with Crippen molar-refractivity contribution in [2.24, 2.45) is 5.92 Å². The molecule has 0 saturated carbocycles. The number of piperidine rings is 1. The number of carbonyl (C=O) groups excluding carboxylic acids is 2. The quantitative estimate of drug-likeness (QED) is 0.591. The molecule has 32 heavy (non-hydrogen) atoms. The van der Waals surface area contributed by atoms with Crippen molar-refractivity contribution in [2.45, 2.75) is 32.4 Å². The lowest BCUT2D eigenvalue weighted by Gasteiger charge is -2.32. The first-order valence-electron chi connectivity index (χ1n) is 10.9. The molecule has 1 fully saturated rings. The number of urea groups is 1. The van der Waals surface area contributed by atoms with Crippen LogP contribution in [-0.4, -0.2) is 34.9 Å². The molecule has 3 heterocycles. The Kier molecular flexibility index (Phi) is 7.17. The van der Waals surface area contributed by atoms with E-state index in [4.69, 9.17) is 0 Å². The number of nitrogens with zero attached hydrogens (tertiary/aromatic N) is 2. The van der Waals surface area contributed by atoms with Gasteiger partial charge in [-0.25, -0.2) is 4.79 Å². The minimum atomic E-state index is -0.254. The molecule has 1 saturated heterocycles. The highest BCUT2D eigenvalue weighted by molar-refractivity contribution is 7.10. The maximum absolute atomic E-state index is 13.1. The van der Waals surface area contributed by atoms with Crippen LogP contribution >= 0.6 is 11.3 Å². The Labute approximate surface area is 192 Å². The number of rotatable bonds is 6. The van der Waals surface area contributed by atoms with E-state index in [2.05, 4.69) is 15.6 Å². The van der Waals surface area contributed by atoms with Gasteiger partial charge in [0, 0.05) is 36.6 Å². The molecule has 2 aromatic heterocycles. The molecular formula is C25H28N4O2S. The monoisotopic (exact) mass is 448 g/mol. The van der Waals surface area contributed by atoms with Crippen molar-refractivity contribution in [2.75, 3.05) is 13.1 Å². The molecule has 0 spiro atoms. The van der Waals surface area contributed by atoms with Crippen LogP contribution < -0.4 is 10.6 Å². The highest BCUT2D eigenvalue weighted by Crippen LogP contribution is 2.28. The van der Waals surface area contributed by atoms with Crippen LogP contribution in [-0.2, 0) is 11.3 Å². The Morgan fingerprint density at radius 3 is 2.56 bits per heavy atom. The van der Waals surface area contributed by atoms with Gasteiger partial charge < -0.3 is 15.5 Å². The van der Waals surface area contributed by atoms with E-state index in [1.54, 1.807) is 22.4 Å². The van der Waals surface area contributed by atoms with Gasteiger partial charge in [0.1, 0.15) is 6.04 Å². The normalized spacial score (nSPS) is 15.2. The summed E-state index contributed by atoms with van der Waals surface area (Å²) in [4.78, 5) is 33.0. The molecule has 1 unspecified atom stereocenters. The average Bonchev–Trinajstić information content (AvgIpc) is 3.37. The van der Waals surface area contributed by atoms with Crippen LogP contribution in [0, 0.1) is 12.8 Å². The van der Waals surface area contributed by atoms with E-state index >= 15 is 0 Å². The number of pyridine rings is 1. The van der Waals surface area contributed by atoms with Crippen LogP contribution in [0.2, 0.25) is 0 Å². The molecule has 1 aliphatic rings. The Morgan fingerprint density at radius 2 is 1.88 bits per heavy atom. The van der Waals surface area contributed by atoms with E-state index in [-0.39, 0.29) is 23.9 Å². The molecule has 3 amide bonds. The fraction of sp³-hybridized carbons (Fsp3) is 0.320. The van der Waals surface area contributed by atoms with E-state index < -0.39 is 0 Å². The predicted octanol–water partition coefficient (Wildman–Crippen LogP) is 4.28. The van der Waals surface area contributed by atoms with Crippen molar-refractivity contribution in [3.8, 4) is 0 Å². The van der Waals surface area contributed by atoms with Crippen molar-refractivity contribution in [3.05, 3.63) is 87.9 Å². The lowest BCUT2D eigenvalue weighted by atomic mass is 9.95. The largest absolute Gasteiger partial charge is 0.343 e. The Balaban J connectivity index is 1.33. The molecular weight excluding hydrogens is 420 g/mol. The van der Waals surface area contributed by atoms with Gasteiger partial charge in [-0.3, -0.25) is 9.78 Å². The van der Waals surface area contributed by atoms with Crippen molar-refractivity contribution in [3.63, 3.8) is 0 Å². The van der Waals surface area contributed by atoms with Crippen LogP contribution in [0.25, 0.3) is 0 Å². The molecule has 7 heteroatoms. The molecule has 3 aromatic rings. The standard InChI is InChI=1S/C25H28N4O2S/c1-18-7-5-13-26-22(18)23(21-10-6-16-32-21)28-24(30)20-11-14-29(15-12-20)25(31)27-17-19-8-3-2-4-9-19/h2-10,13,16,20,23H,11-12,14-15,17H2,1H3,(H,27,31)(H,28,30). The van der Waals surface area contributed by atoms with Crippen LogP contribution in [0.5, 0.6) is 0 Å². The summed E-state index contributed by atoms with van der Waals surface area (Å²) in [5.41, 5.74) is 3.00. The maximum Gasteiger partial charge on any atom is 0.317 e. The van der Waals surface area contributed by atoms with Gasteiger partial charge >= 0.3 is 6.03 Å². The molecule has 2 N–H and O–H groups in total. The van der Waals surface area contributed by atoms with Crippen molar-refractivity contribution >= 4 is 23.3 Å². The molecule has 6 nitrogen and oxygen atoms in total. The number of carbonyl (C=O) groups is 2. The highest BCUT2D eigenvalue weighted by atomic mass is 32.1. The summed E-state index contributed by atoms with van der Waals surface area (Å²) < 4.78 is 0. The summed E-state index contributed by atoms with van der Waals surface area (Å²) in [6.07, 6.45) is 3.08. The number of nitrogens with one attached hydrogen (secondary N) is 2. The third kappa shape index (κ3) is 5.34. The van der Waals surface area contributed by atoms with Crippen LogP contribution in [0.3, 0.4) is 0 Å². The smallest absolute Gasteiger partial charge is 0.317 e. The molecule has 1 atom stereocenters. The third-order valence-corrected chi connectivity index (χ3v) is 6.81. The van der Waals surface area contributed by atoms with Crippen LogP contribution in [0.15, 0.2) is 66.2 Å². The van der Waals surface area contributed by atoms with E-state index in [1.807, 2.05) is 66.9 Å². The second kappa shape index (κ2) is 10.4. The number of benzene rings is 1. The third-order valence-electron chi connectivity index (χ3n) is 5.88. The lowest BCUT2D eigenvalue weighted by molar-refractivity contribution is -0.126. The first-order chi connectivity index (χ1) is 15.6. The number of amides is 3. The second-order valence-electron chi connectivity index (χ2n) is 8.07. The first kappa shape index (κ1) is 22.0. The summed E-state index contributed by atoms with van der Waals surface area (Å²) in [6, 6.07) is 17.5. The first-order valence-corrected chi connectivity index (χ1v) is 11.8. The van der Waals surface area contributed by atoms with E-state index in [1.165, 1.54) is 0 Å². The van der Waals surface area contributed by atoms with Gasteiger partial charge in [-0.05, 0) is 48.4 Å². The number of aryl methyl sites for hydroxylation is 1. The van der Waals surface area contributed by atoms with E-state index in [9.17, 15) is 9.59 Å². The number of hydrogen-bond acceptors (Lipinski definition) is 4. The number of thiophene rings is 1. The summed E-state index contributed by atoms with van der Waals surface area (Å²) in [6.45, 7) is 3.67. The maximum atomic E-state index is 13.1. The summed E-state index contributed by atoms with van der Waals surface area (Å²) in [5.74, 6) is -0.0857. The minimum Gasteiger partial charge on any atom is -0.343 e. The lowest BCUT2D eigenvalue weighted by Crippen LogP contribution is -2.47. The number of hydrogen-bond donors (Lipinski definition) is 2. The Bertz CT molecular complexity index is 1030. The molecule has 1 aromatic carbocycles. The van der Waals surface area contributed by atoms with Crippen molar-refractivity contribution < 1.29 is 9.59 Å². The van der Waals surface area contributed by atoms with Gasteiger partial charge in [0.05, 0.1) is 5.69 Å². The average molecular weight is 449 g/mol. The summed E-state index contributed by atoms with van der Waals surface area (Å²) >= 11 is 1.62. The SMILES string of the molecule is Cc1cccnc1C(NC(=O)C1CCN(C(=O)NCc2ccccc2)CC1)c1cccs1. The Morgan fingerprint density at radius 1 is 1.09 bits per heavy atom. The van der Waals surface area contributed by atoms with Crippen molar-refractivity contribution in [1.82, 2.24) is 20.5 Å². The van der Waals surface area contributed by atoms with Gasteiger partial charge in [0.15, 0.2) is 0 Å². The molecule has 0 radical (unpaired) electrons. The van der Waals surface area contributed by atoms with E-state index in [0.29, 0.717) is 32.5 Å². The van der Waals surface area contributed by atoms with Crippen molar-refractivity contribution in [1.29, 1.82) is 0 Å². The highest BCUT2D eigenvalue weighted by Gasteiger charge is 2.30. The molecule has 0 aliphatic carbocycles. The Hall–Kier alpha value is -3.19. The van der Waals surface area contributed by atoms with Crippen LogP contribution in [0.4, 0.5) is 4.79 Å². The fourth-order valence-electron chi connectivity index (χ4n) is 4.02. The topological polar surface area (TPSA) is 74.3 Å². The van der Waals surface area contributed by atoms with Gasteiger partial charge in [-0.2, -0.15) is 0 Å². The predicted molar refractivity (Wildman–Crippen MR) is 126 cm³/mol. The van der Waals surface area contributed by atoms with Crippen LogP contribution in [0.1, 0.15) is 40.6 Å². The second-order valence-corrected chi connectivity index (χ2v) is 9.05. The van der Waals surface area contributed by atoms with Gasteiger partial charge in [0.25, 0.3) is 0 Å². The van der Waals surface area contributed by atoms with Gasteiger partial charge in [-0.1, -0.05) is 42.5 Å². The number of aromatic nitrogens is 1. The number of likely N-dealkylation sites (tertiary alicyclic amines) is 1. The zero-order valence-corrected chi connectivity index (χ0v) is 19.0. The van der Waals surface area contributed by atoms with E-state index in [0.717, 1.165) is 21.7 Å².